The van der Waals surface area contributed by atoms with E-state index in [-0.39, 0.29) is 11.6 Å². The number of rotatable bonds is 3. The van der Waals surface area contributed by atoms with Crippen LogP contribution in [0.25, 0.3) is 0 Å². The van der Waals surface area contributed by atoms with Gasteiger partial charge in [-0.3, -0.25) is 4.79 Å². The van der Waals surface area contributed by atoms with Crippen molar-refractivity contribution in [2.24, 2.45) is 0 Å². The first kappa shape index (κ1) is 18.1. The molecule has 0 saturated carbocycles. The third kappa shape index (κ3) is 3.61. The summed E-state index contributed by atoms with van der Waals surface area (Å²) in [4.78, 5) is 16.1. The molecule has 4 nitrogen and oxygen atoms in total. The van der Waals surface area contributed by atoms with Crippen molar-refractivity contribution in [2.75, 3.05) is 35.7 Å². The van der Waals surface area contributed by atoms with Gasteiger partial charge in [-0.15, -0.1) is 0 Å². The number of anilines is 3. The molecule has 0 radical (unpaired) electrons. The number of halogens is 3. The Bertz CT molecular complexity index is 797. The summed E-state index contributed by atoms with van der Waals surface area (Å²) in [5.74, 6) is -0.384. The normalized spacial score (nSPS) is 14.5. The molecule has 1 fully saturated rings. The minimum Gasteiger partial charge on any atom is -0.399 e. The molecule has 1 saturated heterocycles. The van der Waals surface area contributed by atoms with Gasteiger partial charge < -0.3 is 15.5 Å². The Morgan fingerprint density at radius 3 is 2.27 bits per heavy atom. The summed E-state index contributed by atoms with van der Waals surface area (Å²) in [6.07, 6.45) is -2.50. The van der Waals surface area contributed by atoms with E-state index in [1.54, 1.807) is 24.3 Å². The van der Waals surface area contributed by atoms with Crippen LogP contribution in [-0.2, 0) is 6.18 Å². The minimum absolute atomic E-state index is 0.253. The van der Waals surface area contributed by atoms with Crippen LogP contribution in [0.15, 0.2) is 42.5 Å². The Morgan fingerprint density at radius 1 is 1.08 bits per heavy atom. The van der Waals surface area contributed by atoms with Gasteiger partial charge in [0.1, 0.15) is 0 Å². The van der Waals surface area contributed by atoms with Gasteiger partial charge in [-0.2, -0.15) is 13.2 Å². The summed E-state index contributed by atoms with van der Waals surface area (Å²) >= 11 is 0. The van der Waals surface area contributed by atoms with Gasteiger partial charge in [-0.1, -0.05) is 0 Å². The van der Waals surface area contributed by atoms with E-state index in [0.717, 1.165) is 38.1 Å². The van der Waals surface area contributed by atoms with Crippen molar-refractivity contribution in [1.29, 1.82) is 0 Å². The number of carbonyl (C=O) groups is 1. The molecule has 2 aromatic carbocycles. The maximum atomic E-state index is 13.2. The fourth-order valence-electron chi connectivity index (χ4n) is 3.12. The zero-order chi connectivity index (χ0) is 18.9. The maximum Gasteiger partial charge on any atom is 0.416 e. The highest BCUT2D eigenvalue weighted by molar-refractivity contribution is 6.07. The van der Waals surface area contributed by atoms with E-state index in [0.29, 0.717) is 16.9 Å². The Labute approximate surface area is 150 Å². The third-order valence-electron chi connectivity index (χ3n) is 4.57. The van der Waals surface area contributed by atoms with Crippen LogP contribution in [-0.4, -0.2) is 26.0 Å². The highest BCUT2D eigenvalue weighted by Gasteiger charge is 2.33. The van der Waals surface area contributed by atoms with Crippen molar-refractivity contribution < 1.29 is 18.0 Å². The quantitative estimate of drug-likeness (QED) is 0.833. The van der Waals surface area contributed by atoms with Crippen molar-refractivity contribution in [3.05, 3.63) is 53.6 Å². The van der Waals surface area contributed by atoms with Gasteiger partial charge in [0, 0.05) is 31.4 Å². The molecule has 1 aliphatic heterocycles. The molecule has 26 heavy (non-hydrogen) atoms. The lowest BCUT2D eigenvalue weighted by molar-refractivity contribution is -0.137. The van der Waals surface area contributed by atoms with Crippen molar-refractivity contribution in [2.45, 2.75) is 19.0 Å². The molecule has 0 aliphatic carbocycles. The molecule has 0 bridgehead atoms. The van der Waals surface area contributed by atoms with Crippen molar-refractivity contribution >= 4 is 23.0 Å². The zero-order valence-corrected chi connectivity index (χ0v) is 14.4. The Morgan fingerprint density at radius 2 is 1.69 bits per heavy atom. The summed E-state index contributed by atoms with van der Waals surface area (Å²) in [5.41, 5.74) is 6.64. The standard InChI is InChI=1S/C19H20F3N3O/c1-24(18(26)13-4-7-15(23)8-5-13)17-12-14(19(20,21)22)6-9-16(17)25-10-2-3-11-25/h4-9,12H,2-3,10-11,23H2,1H3. The molecule has 0 aromatic heterocycles. The molecule has 2 N–H and O–H groups in total. The van der Waals surface area contributed by atoms with Crippen LogP contribution >= 0.6 is 0 Å². The summed E-state index contributed by atoms with van der Waals surface area (Å²) in [7, 11) is 1.49. The van der Waals surface area contributed by atoms with Gasteiger partial charge in [0.25, 0.3) is 5.91 Å². The van der Waals surface area contributed by atoms with Crippen molar-refractivity contribution in [3.63, 3.8) is 0 Å². The molecule has 7 heteroatoms. The van der Waals surface area contributed by atoms with Crippen LogP contribution < -0.4 is 15.5 Å². The highest BCUT2D eigenvalue weighted by Crippen LogP contribution is 2.38. The molecule has 1 aliphatic rings. The van der Waals surface area contributed by atoms with E-state index in [4.69, 9.17) is 5.73 Å². The second-order valence-corrected chi connectivity index (χ2v) is 6.38. The SMILES string of the molecule is CN(C(=O)c1ccc(N)cc1)c1cc(C(F)(F)F)ccc1N1CCCC1. The number of nitrogens with two attached hydrogens (primary N) is 1. The van der Waals surface area contributed by atoms with E-state index >= 15 is 0 Å². The van der Waals surface area contributed by atoms with Crippen LogP contribution in [0, 0.1) is 0 Å². The lowest BCUT2D eigenvalue weighted by atomic mass is 10.1. The number of alkyl halides is 3. The molecule has 3 rings (SSSR count). The molecular weight excluding hydrogens is 343 g/mol. The van der Waals surface area contributed by atoms with Gasteiger partial charge >= 0.3 is 6.18 Å². The molecule has 0 atom stereocenters. The van der Waals surface area contributed by atoms with E-state index < -0.39 is 11.7 Å². The predicted octanol–water partition coefficient (Wildman–Crippen LogP) is 4.16. The van der Waals surface area contributed by atoms with E-state index in [1.165, 1.54) is 18.0 Å². The molecule has 1 heterocycles. The molecule has 2 aromatic rings. The molecular formula is C19H20F3N3O. The van der Waals surface area contributed by atoms with Crippen LogP contribution in [0.1, 0.15) is 28.8 Å². The Hall–Kier alpha value is -2.70. The summed E-state index contributed by atoms with van der Waals surface area (Å²) < 4.78 is 39.5. The monoisotopic (exact) mass is 363 g/mol. The lowest BCUT2D eigenvalue weighted by Crippen LogP contribution is -2.29. The van der Waals surface area contributed by atoms with Crippen LogP contribution in [0.4, 0.5) is 30.2 Å². The minimum atomic E-state index is -4.47. The number of hydrogen-bond donors (Lipinski definition) is 1. The van der Waals surface area contributed by atoms with Gasteiger partial charge in [0.2, 0.25) is 0 Å². The van der Waals surface area contributed by atoms with Crippen LogP contribution in [0.2, 0.25) is 0 Å². The maximum absolute atomic E-state index is 13.2. The number of benzene rings is 2. The number of nitrogen functional groups attached to an aromatic ring is 1. The first-order valence-electron chi connectivity index (χ1n) is 8.37. The second kappa shape index (κ2) is 6.90. The summed E-state index contributed by atoms with van der Waals surface area (Å²) in [5, 5.41) is 0. The molecule has 1 amide bonds. The summed E-state index contributed by atoms with van der Waals surface area (Å²) in [6, 6.07) is 9.88. The summed E-state index contributed by atoms with van der Waals surface area (Å²) in [6.45, 7) is 1.53. The smallest absolute Gasteiger partial charge is 0.399 e. The fourth-order valence-corrected chi connectivity index (χ4v) is 3.12. The molecule has 0 unspecified atom stereocenters. The van der Waals surface area contributed by atoms with Gasteiger partial charge in [0.15, 0.2) is 0 Å². The van der Waals surface area contributed by atoms with Crippen molar-refractivity contribution in [1.82, 2.24) is 0 Å². The topological polar surface area (TPSA) is 49.6 Å². The van der Waals surface area contributed by atoms with Gasteiger partial charge in [0.05, 0.1) is 16.9 Å². The Kier molecular flexibility index (Phi) is 4.80. The fraction of sp³-hybridized carbons (Fsp3) is 0.316. The first-order valence-corrected chi connectivity index (χ1v) is 8.37. The largest absolute Gasteiger partial charge is 0.416 e. The average Bonchev–Trinajstić information content (AvgIpc) is 3.14. The zero-order valence-electron chi connectivity index (χ0n) is 14.4. The van der Waals surface area contributed by atoms with E-state index in [9.17, 15) is 18.0 Å². The number of hydrogen-bond acceptors (Lipinski definition) is 3. The lowest BCUT2D eigenvalue weighted by Gasteiger charge is -2.27. The number of carbonyl (C=O) groups excluding carboxylic acids is 1. The van der Waals surface area contributed by atoms with Crippen molar-refractivity contribution in [3.8, 4) is 0 Å². The van der Waals surface area contributed by atoms with E-state index in [1.807, 2.05) is 4.90 Å². The average molecular weight is 363 g/mol. The van der Waals surface area contributed by atoms with Crippen LogP contribution in [0.3, 0.4) is 0 Å². The van der Waals surface area contributed by atoms with Crippen LogP contribution in [0.5, 0.6) is 0 Å². The second-order valence-electron chi connectivity index (χ2n) is 6.38. The molecule has 138 valence electrons. The third-order valence-corrected chi connectivity index (χ3v) is 4.57. The van der Waals surface area contributed by atoms with Gasteiger partial charge in [-0.25, -0.2) is 0 Å². The van der Waals surface area contributed by atoms with E-state index in [2.05, 4.69) is 0 Å². The first-order chi connectivity index (χ1) is 12.3. The van der Waals surface area contributed by atoms with Gasteiger partial charge in [-0.05, 0) is 55.3 Å². The predicted molar refractivity (Wildman–Crippen MR) is 96.5 cm³/mol. The Balaban J connectivity index is 2.01. The number of amides is 1. The molecule has 0 spiro atoms. The number of nitrogens with zero attached hydrogens (tertiary/aromatic N) is 2. The highest BCUT2D eigenvalue weighted by atomic mass is 19.4.